The molecule has 0 bridgehead atoms. The molecular weight excluding hydrogens is 346 g/mol. The minimum Gasteiger partial charge on any atom is -0.495 e. The van der Waals surface area contributed by atoms with E-state index in [1.54, 1.807) is 32.2 Å². The predicted molar refractivity (Wildman–Crippen MR) is 104 cm³/mol. The topological polar surface area (TPSA) is 89.0 Å². The molecule has 2 N–H and O–H groups in total. The Labute approximate surface area is 158 Å². The van der Waals surface area contributed by atoms with E-state index in [2.05, 4.69) is 15.8 Å². The summed E-state index contributed by atoms with van der Waals surface area (Å²) in [6.07, 6.45) is 0.0386. The molecule has 0 spiro atoms. The van der Waals surface area contributed by atoms with Crippen LogP contribution >= 0.6 is 0 Å². The second kappa shape index (κ2) is 9.96. The van der Waals surface area contributed by atoms with E-state index >= 15 is 0 Å². The predicted octanol–water partition coefficient (Wildman–Crippen LogP) is 2.90. The highest BCUT2D eigenvalue weighted by atomic mass is 16.5. The molecule has 0 heterocycles. The van der Waals surface area contributed by atoms with Crippen molar-refractivity contribution in [1.29, 1.82) is 0 Å². The molecule has 0 saturated carbocycles. The Kier molecular flexibility index (Phi) is 7.37. The zero-order valence-electron chi connectivity index (χ0n) is 15.6. The minimum atomic E-state index is -0.404. The van der Waals surface area contributed by atoms with Crippen molar-refractivity contribution in [3.63, 3.8) is 0 Å². The summed E-state index contributed by atoms with van der Waals surface area (Å²) in [5.74, 6) is 0.517. The Morgan fingerprint density at radius 2 is 1.81 bits per heavy atom. The number of para-hydroxylation sites is 1. The van der Waals surface area contributed by atoms with E-state index in [1.165, 1.54) is 0 Å². The number of benzene rings is 2. The van der Waals surface area contributed by atoms with Gasteiger partial charge in [-0.05, 0) is 43.7 Å². The van der Waals surface area contributed by atoms with E-state index in [9.17, 15) is 9.59 Å². The molecule has 2 amide bonds. The lowest BCUT2D eigenvalue weighted by Crippen LogP contribution is -2.26. The van der Waals surface area contributed by atoms with Gasteiger partial charge in [-0.25, -0.2) is 5.43 Å². The monoisotopic (exact) mass is 369 g/mol. The van der Waals surface area contributed by atoms with Gasteiger partial charge in [-0.15, -0.1) is 0 Å². The van der Waals surface area contributed by atoms with Crippen LogP contribution in [0.3, 0.4) is 0 Å². The van der Waals surface area contributed by atoms with Crippen molar-refractivity contribution in [2.45, 2.75) is 20.3 Å². The van der Waals surface area contributed by atoms with Crippen LogP contribution in [-0.2, 0) is 9.59 Å². The van der Waals surface area contributed by atoms with Crippen molar-refractivity contribution in [2.24, 2.45) is 5.10 Å². The van der Waals surface area contributed by atoms with Gasteiger partial charge in [0.2, 0.25) is 5.91 Å². The highest BCUT2D eigenvalue weighted by molar-refractivity contribution is 6.06. The zero-order chi connectivity index (χ0) is 19.6. The van der Waals surface area contributed by atoms with Crippen LogP contribution in [0.2, 0.25) is 0 Å². The Morgan fingerprint density at radius 3 is 2.52 bits per heavy atom. The molecule has 7 heteroatoms. The number of hydrogen-bond acceptors (Lipinski definition) is 5. The smallest absolute Gasteiger partial charge is 0.277 e. The van der Waals surface area contributed by atoms with Crippen molar-refractivity contribution >= 4 is 23.2 Å². The van der Waals surface area contributed by atoms with E-state index in [4.69, 9.17) is 9.47 Å². The number of hydrazone groups is 1. The Bertz CT molecular complexity index is 819. The van der Waals surface area contributed by atoms with E-state index < -0.39 is 5.91 Å². The van der Waals surface area contributed by atoms with Crippen LogP contribution in [0.5, 0.6) is 11.5 Å². The van der Waals surface area contributed by atoms with Crippen molar-refractivity contribution in [3.8, 4) is 11.5 Å². The fourth-order valence-electron chi connectivity index (χ4n) is 2.24. The van der Waals surface area contributed by atoms with Gasteiger partial charge in [0, 0.05) is 5.71 Å². The third kappa shape index (κ3) is 6.81. The van der Waals surface area contributed by atoms with Crippen LogP contribution in [0, 0.1) is 6.92 Å². The summed E-state index contributed by atoms with van der Waals surface area (Å²) in [6, 6.07) is 14.5. The Balaban J connectivity index is 1.81. The molecule has 0 fully saturated rings. The summed E-state index contributed by atoms with van der Waals surface area (Å²) in [6.45, 7) is 3.42. The molecule has 2 aromatic rings. The average Bonchev–Trinajstić information content (AvgIpc) is 2.65. The lowest BCUT2D eigenvalue weighted by Gasteiger charge is -2.11. The molecule has 7 nitrogen and oxygen atoms in total. The number of ether oxygens (including phenoxy) is 2. The van der Waals surface area contributed by atoms with Crippen LogP contribution in [0.4, 0.5) is 5.69 Å². The molecule has 0 aromatic heterocycles. The first-order valence-electron chi connectivity index (χ1n) is 8.42. The fourth-order valence-corrected chi connectivity index (χ4v) is 2.24. The SMILES string of the molecule is COc1ccc(C)cc1NC(=O)CC(C)=NNC(=O)COc1ccccc1. The summed E-state index contributed by atoms with van der Waals surface area (Å²) in [4.78, 5) is 23.9. The number of amides is 2. The van der Waals surface area contributed by atoms with Gasteiger partial charge >= 0.3 is 0 Å². The van der Waals surface area contributed by atoms with Gasteiger partial charge in [0.05, 0.1) is 19.2 Å². The molecule has 0 aliphatic heterocycles. The second-order valence-electron chi connectivity index (χ2n) is 5.91. The van der Waals surface area contributed by atoms with Gasteiger partial charge in [-0.2, -0.15) is 5.10 Å². The number of nitrogens with one attached hydrogen (secondary N) is 2. The summed E-state index contributed by atoms with van der Waals surface area (Å²) in [7, 11) is 1.54. The van der Waals surface area contributed by atoms with Crippen molar-refractivity contribution in [2.75, 3.05) is 19.0 Å². The number of carbonyl (C=O) groups is 2. The maximum Gasteiger partial charge on any atom is 0.277 e. The van der Waals surface area contributed by atoms with E-state index in [0.29, 0.717) is 22.9 Å². The summed E-state index contributed by atoms with van der Waals surface area (Å²) >= 11 is 0. The Morgan fingerprint density at radius 1 is 1.07 bits per heavy atom. The highest BCUT2D eigenvalue weighted by Gasteiger charge is 2.10. The van der Waals surface area contributed by atoms with Crippen LogP contribution in [0.15, 0.2) is 53.6 Å². The second-order valence-corrected chi connectivity index (χ2v) is 5.91. The molecule has 2 aromatic carbocycles. The zero-order valence-corrected chi connectivity index (χ0v) is 15.6. The maximum absolute atomic E-state index is 12.2. The first-order valence-corrected chi connectivity index (χ1v) is 8.42. The van der Waals surface area contributed by atoms with Gasteiger partial charge < -0.3 is 14.8 Å². The van der Waals surface area contributed by atoms with Crippen LogP contribution in [-0.4, -0.2) is 31.2 Å². The summed E-state index contributed by atoms with van der Waals surface area (Å²) in [5, 5.41) is 6.71. The van der Waals surface area contributed by atoms with Gasteiger partial charge in [-0.3, -0.25) is 9.59 Å². The van der Waals surface area contributed by atoms with E-state index in [-0.39, 0.29) is 18.9 Å². The third-order valence-corrected chi connectivity index (χ3v) is 3.53. The molecular formula is C20H23N3O4. The standard InChI is InChI=1S/C20H23N3O4/c1-14-9-10-18(26-3)17(11-14)21-19(24)12-15(2)22-23-20(25)13-27-16-7-5-4-6-8-16/h4-11H,12-13H2,1-3H3,(H,21,24)(H,23,25). The van der Waals surface area contributed by atoms with E-state index in [0.717, 1.165) is 5.56 Å². The molecule has 0 saturated heterocycles. The van der Waals surface area contributed by atoms with Crippen LogP contribution < -0.4 is 20.2 Å². The quantitative estimate of drug-likeness (QED) is 0.553. The highest BCUT2D eigenvalue weighted by Crippen LogP contribution is 2.25. The Hall–Kier alpha value is -3.35. The maximum atomic E-state index is 12.2. The van der Waals surface area contributed by atoms with Crippen molar-refractivity contribution < 1.29 is 19.1 Å². The lowest BCUT2D eigenvalue weighted by atomic mass is 10.2. The van der Waals surface area contributed by atoms with Gasteiger partial charge in [-0.1, -0.05) is 24.3 Å². The fraction of sp³-hybridized carbons (Fsp3) is 0.250. The molecule has 0 atom stereocenters. The first kappa shape index (κ1) is 20.0. The van der Waals surface area contributed by atoms with Gasteiger partial charge in [0.1, 0.15) is 11.5 Å². The molecule has 0 radical (unpaired) electrons. The van der Waals surface area contributed by atoms with Gasteiger partial charge in [0.25, 0.3) is 5.91 Å². The number of aryl methyl sites for hydroxylation is 1. The molecule has 0 unspecified atom stereocenters. The van der Waals surface area contributed by atoms with Crippen molar-refractivity contribution in [1.82, 2.24) is 5.43 Å². The normalized spacial score (nSPS) is 10.9. The number of rotatable bonds is 8. The minimum absolute atomic E-state index is 0.0386. The molecule has 0 aliphatic rings. The third-order valence-electron chi connectivity index (χ3n) is 3.53. The lowest BCUT2D eigenvalue weighted by molar-refractivity contribution is -0.123. The van der Waals surface area contributed by atoms with Gasteiger partial charge in [0.15, 0.2) is 6.61 Å². The molecule has 2 rings (SSSR count). The molecule has 0 aliphatic carbocycles. The number of nitrogens with zero attached hydrogens (tertiary/aromatic N) is 1. The van der Waals surface area contributed by atoms with Crippen LogP contribution in [0.1, 0.15) is 18.9 Å². The summed E-state index contributed by atoms with van der Waals surface area (Å²) < 4.78 is 10.6. The summed E-state index contributed by atoms with van der Waals surface area (Å²) in [5.41, 5.74) is 4.43. The largest absolute Gasteiger partial charge is 0.495 e. The number of methoxy groups -OCH3 is 1. The molecule has 27 heavy (non-hydrogen) atoms. The average molecular weight is 369 g/mol. The van der Waals surface area contributed by atoms with Crippen LogP contribution in [0.25, 0.3) is 0 Å². The van der Waals surface area contributed by atoms with Crippen molar-refractivity contribution in [3.05, 3.63) is 54.1 Å². The van der Waals surface area contributed by atoms with E-state index in [1.807, 2.05) is 37.3 Å². The first-order chi connectivity index (χ1) is 13.0. The number of hydrogen-bond donors (Lipinski definition) is 2. The number of anilines is 1. The number of carbonyl (C=O) groups excluding carboxylic acids is 2. The molecule has 142 valence electrons.